The third-order valence-electron chi connectivity index (χ3n) is 5.40. The van der Waals surface area contributed by atoms with Crippen molar-refractivity contribution in [3.05, 3.63) is 122 Å². The zero-order valence-corrected chi connectivity index (χ0v) is 18.9. The number of halogens is 5. The molecule has 0 bridgehead atoms. The van der Waals surface area contributed by atoms with Gasteiger partial charge in [0.05, 0.1) is 21.3 Å². The molecule has 4 nitrogen and oxygen atoms in total. The van der Waals surface area contributed by atoms with E-state index in [9.17, 15) is 23.1 Å². The third-order valence-corrected chi connectivity index (χ3v) is 6.14. The number of aromatic nitrogens is 2. The van der Waals surface area contributed by atoms with E-state index in [1.165, 1.54) is 30.3 Å². The van der Waals surface area contributed by atoms with Crippen molar-refractivity contribution in [2.24, 2.45) is 0 Å². The highest BCUT2D eigenvalue weighted by molar-refractivity contribution is 6.42. The number of hydrogen-bond donors (Lipinski definition) is 2. The first kappa shape index (κ1) is 24.0. The summed E-state index contributed by atoms with van der Waals surface area (Å²) in [5.74, 6) is 0. The molecule has 0 spiro atoms. The fourth-order valence-corrected chi connectivity index (χ4v) is 3.99. The Morgan fingerprint density at radius 2 is 1.44 bits per heavy atom. The average Bonchev–Trinajstić information content (AvgIpc) is 2.80. The van der Waals surface area contributed by atoms with Gasteiger partial charge in [0.1, 0.15) is 5.60 Å². The molecule has 0 aliphatic carbocycles. The summed E-state index contributed by atoms with van der Waals surface area (Å²) in [4.78, 5) is 18.9. The molecule has 0 unspecified atom stereocenters. The predicted molar refractivity (Wildman–Crippen MR) is 125 cm³/mol. The van der Waals surface area contributed by atoms with E-state index in [2.05, 4.69) is 9.97 Å². The first-order chi connectivity index (χ1) is 16.1. The highest BCUT2D eigenvalue weighted by Gasteiger charge is 2.35. The molecule has 1 aromatic heterocycles. The van der Waals surface area contributed by atoms with Crippen LogP contribution < -0.4 is 5.69 Å². The number of nitrogens with zero attached hydrogens (tertiary/aromatic N) is 1. The van der Waals surface area contributed by atoms with Gasteiger partial charge >= 0.3 is 11.9 Å². The minimum Gasteiger partial charge on any atom is -0.380 e. The molecule has 0 saturated carbocycles. The first-order valence-corrected chi connectivity index (χ1v) is 10.8. The monoisotopic (exact) mass is 504 g/mol. The van der Waals surface area contributed by atoms with Crippen molar-refractivity contribution in [3.8, 4) is 11.3 Å². The molecule has 0 aliphatic heterocycles. The number of aliphatic hydroxyl groups is 1. The number of nitrogens with one attached hydrogen (secondary N) is 1. The normalized spacial score (nSPS) is 13.5. The van der Waals surface area contributed by atoms with Gasteiger partial charge in [-0.1, -0.05) is 71.7 Å². The lowest BCUT2D eigenvalue weighted by Gasteiger charge is -2.30. The molecule has 0 aliphatic rings. The zero-order chi connectivity index (χ0) is 24.5. The van der Waals surface area contributed by atoms with Crippen molar-refractivity contribution in [2.75, 3.05) is 0 Å². The van der Waals surface area contributed by atoms with Crippen molar-refractivity contribution in [1.29, 1.82) is 0 Å². The average molecular weight is 505 g/mol. The van der Waals surface area contributed by atoms with Gasteiger partial charge in [0, 0.05) is 17.7 Å². The van der Waals surface area contributed by atoms with Crippen molar-refractivity contribution >= 4 is 23.2 Å². The van der Waals surface area contributed by atoms with E-state index in [1.54, 1.807) is 30.3 Å². The quantitative estimate of drug-likeness (QED) is 0.338. The minimum atomic E-state index is -4.53. The molecule has 0 fully saturated rings. The number of H-pyrrole nitrogens is 1. The largest absolute Gasteiger partial charge is 0.416 e. The van der Waals surface area contributed by atoms with Crippen LogP contribution in [0.5, 0.6) is 0 Å². The molecule has 1 heterocycles. The van der Waals surface area contributed by atoms with E-state index in [0.717, 1.165) is 12.1 Å². The van der Waals surface area contributed by atoms with Crippen molar-refractivity contribution in [1.82, 2.24) is 9.97 Å². The van der Waals surface area contributed by atoms with Gasteiger partial charge in [-0.05, 0) is 41.5 Å². The zero-order valence-electron chi connectivity index (χ0n) is 17.4. The Hall–Kier alpha value is -3.13. The molecule has 9 heteroatoms. The van der Waals surface area contributed by atoms with Crippen LogP contribution in [0.1, 0.15) is 22.4 Å². The van der Waals surface area contributed by atoms with Crippen LogP contribution in [0.2, 0.25) is 10.0 Å². The fourth-order valence-electron chi connectivity index (χ4n) is 3.69. The molecular formula is C25H17Cl2F3N2O2. The second-order valence-electron chi connectivity index (χ2n) is 7.70. The Balaban J connectivity index is 1.83. The van der Waals surface area contributed by atoms with Gasteiger partial charge in [0.25, 0.3) is 0 Å². The molecular weight excluding hydrogens is 488 g/mol. The molecule has 4 rings (SSSR count). The van der Waals surface area contributed by atoms with Crippen molar-refractivity contribution < 1.29 is 18.3 Å². The topological polar surface area (TPSA) is 66.0 Å². The van der Waals surface area contributed by atoms with Crippen molar-refractivity contribution in [2.45, 2.75) is 18.2 Å². The van der Waals surface area contributed by atoms with Crippen LogP contribution in [0.4, 0.5) is 13.2 Å². The number of hydrogen-bond acceptors (Lipinski definition) is 3. The molecule has 4 aromatic rings. The maximum Gasteiger partial charge on any atom is 0.416 e. The fraction of sp³-hybridized carbons (Fsp3) is 0.120. The Kier molecular flexibility index (Phi) is 6.53. The molecule has 2 N–H and O–H groups in total. The first-order valence-electron chi connectivity index (χ1n) is 10.1. The van der Waals surface area contributed by atoms with Gasteiger partial charge in [-0.2, -0.15) is 18.2 Å². The van der Waals surface area contributed by atoms with Crippen LogP contribution in [0, 0.1) is 0 Å². The molecule has 3 aromatic carbocycles. The smallest absolute Gasteiger partial charge is 0.380 e. The summed E-state index contributed by atoms with van der Waals surface area (Å²) in [5, 5.41) is 12.3. The van der Waals surface area contributed by atoms with E-state index in [4.69, 9.17) is 23.2 Å². The van der Waals surface area contributed by atoms with Gasteiger partial charge in [0.15, 0.2) is 0 Å². The highest BCUT2D eigenvalue weighted by Crippen LogP contribution is 2.38. The molecule has 1 atom stereocenters. The maximum atomic E-state index is 13.1. The Morgan fingerprint density at radius 1 is 0.824 bits per heavy atom. The van der Waals surface area contributed by atoms with Crippen LogP contribution in [-0.2, 0) is 18.2 Å². The minimum absolute atomic E-state index is 0.165. The number of alkyl halides is 3. The van der Waals surface area contributed by atoms with E-state index < -0.39 is 23.0 Å². The summed E-state index contributed by atoms with van der Waals surface area (Å²) in [7, 11) is 0. The number of rotatable bonds is 5. The summed E-state index contributed by atoms with van der Waals surface area (Å²) in [6, 6.07) is 19.2. The summed E-state index contributed by atoms with van der Waals surface area (Å²) in [5.41, 5.74) is -1.43. The van der Waals surface area contributed by atoms with Crippen LogP contribution in [-0.4, -0.2) is 15.1 Å². The maximum absolute atomic E-state index is 13.1. The third kappa shape index (κ3) is 5.01. The Bertz CT molecular complexity index is 1370. The van der Waals surface area contributed by atoms with Crippen LogP contribution >= 0.6 is 23.2 Å². The number of aromatic amines is 1. The van der Waals surface area contributed by atoms with Crippen LogP contribution in [0.3, 0.4) is 0 Å². The summed E-state index contributed by atoms with van der Waals surface area (Å²) in [6.45, 7) is 0. The molecule has 34 heavy (non-hydrogen) atoms. The van der Waals surface area contributed by atoms with E-state index >= 15 is 0 Å². The summed E-state index contributed by atoms with van der Waals surface area (Å²) in [6.07, 6.45) is -4.70. The van der Waals surface area contributed by atoms with Gasteiger partial charge in [-0.3, -0.25) is 0 Å². The summed E-state index contributed by atoms with van der Waals surface area (Å²) >= 11 is 12.2. The van der Waals surface area contributed by atoms with Crippen LogP contribution in [0.15, 0.2) is 83.7 Å². The second-order valence-corrected chi connectivity index (χ2v) is 8.52. The predicted octanol–water partition coefficient (Wildman–Crippen LogP) is 6.24. The Morgan fingerprint density at radius 3 is 2.06 bits per heavy atom. The van der Waals surface area contributed by atoms with Crippen LogP contribution in [0.25, 0.3) is 11.3 Å². The van der Waals surface area contributed by atoms with Gasteiger partial charge in [-0.25, -0.2) is 4.79 Å². The summed E-state index contributed by atoms with van der Waals surface area (Å²) < 4.78 is 39.3. The SMILES string of the molecule is O=c1nc(-c2ccccc2)cc(C[C@@](O)(c2ccc(C(F)(F)F)cc2)c2ccc(Cl)c(Cl)c2)[nH]1. The van der Waals surface area contributed by atoms with E-state index in [0.29, 0.717) is 22.5 Å². The van der Waals surface area contributed by atoms with Gasteiger partial charge < -0.3 is 10.1 Å². The molecule has 0 saturated heterocycles. The highest BCUT2D eigenvalue weighted by atomic mass is 35.5. The van der Waals surface area contributed by atoms with Crippen molar-refractivity contribution in [3.63, 3.8) is 0 Å². The van der Waals surface area contributed by atoms with Gasteiger partial charge in [-0.15, -0.1) is 0 Å². The molecule has 0 amide bonds. The lowest BCUT2D eigenvalue weighted by molar-refractivity contribution is -0.137. The second kappa shape index (κ2) is 9.25. The van der Waals surface area contributed by atoms with Gasteiger partial charge in [0.2, 0.25) is 0 Å². The number of benzene rings is 3. The molecule has 174 valence electrons. The standard InChI is InChI=1S/C25H17Cl2F3N2O2/c26-20-11-10-18(12-21(20)27)24(34,16-6-8-17(9-7-16)25(28,29)30)14-19-13-22(32-23(33)31-19)15-4-2-1-3-5-15/h1-13,34H,14H2,(H,31,32,33)/t24-/m1/s1. The van der Waals surface area contributed by atoms with E-state index in [-0.39, 0.29) is 22.0 Å². The lowest BCUT2D eigenvalue weighted by Crippen LogP contribution is -2.32. The van der Waals surface area contributed by atoms with E-state index in [1.807, 2.05) is 6.07 Å². The lowest BCUT2D eigenvalue weighted by atomic mass is 9.82. The Labute approximate surface area is 202 Å². The molecule has 0 radical (unpaired) electrons.